The fourth-order valence-electron chi connectivity index (χ4n) is 2.19. The molecule has 0 aromatic heterocycles. The molecule has 102 valence electrons. The zero-order valence-electron chi connectivity index (χ0n) is 10.8. The number of carbonyl (C=O) groups is 2. The van der Waals surface area contributed by atoms with Gasteiger partial charge >= 0.3 is 5.97 Å². The van der Waals surface area contributed by atoms with Crippen LogP contribution in [0.1, 0.15) is 28.8 Å². The molecule has 1 fully saturated rings. The van der Waals surface area contributed by atoms with Crippen molar-refractivity contribution >= 4 is 29.3 Å². The Balaban J connectivity index is 2.04. The molecule has 1 aromatic carbocycles. The zero-order chi connectivity index (χ0) is 13.8. The van der Waals surface area contributed by atoms with Crippen molar-refractivity contribution in [1.29, 1.82) is 0 Å². The minimum atomic E-state index is -0.945. The maximum atomic E-state index is 12.1. The zero-order valence-corrected chi connectivity index (χ0v) is 11.6. The SMILES string of the molecule is Cc1cc(NC(=O)C2CCSCC2)ccc1C(=O)O. The third kappa shape index (κ3) is 3.50. The van der Waals surface area contributed by atoms with E-state index in [1.54, 1.807) is 19.1 Å². The smallest absolute Gasteiger partial charge is 0.335 e. The highest BCUT2D eigenvalue weighted by atomic mass is 32.2. The molecule has 4 nitrogen and oxygen atoms in total. The topological polar surface area (TPSA) is 66.4 Å². The Morgan fingerprint density at radius 1 is 1.32 bits per heavy atom. The molecule has 1 aromatic rings. The number of carboxylic acids is 1. The van der Waals surface area contributed by atoms with Gasteiger partial charge in [-0.25, -0.2) is 4.79 Å². The molecule has 0 radical (unpaired) electrons. The molecule has 0 unspecified atom stereocenters. The second-order valence-corrected chi connectivity index (χ2v) is 5.94. The lowest BCUT2D eigenvalue weighted by Crippen LogP contribution is -2.26. The van der Waals surface area contributed by atoms with E-state index < -0.39 is 5.97 Å². The predicted octanol–water partition coefficient (Wildman–Crippen LogP) is 2.77. The lowest BCUT2D eigenvalue weighted by atomic mass is 10.0. The summed E-state index contributed by atoms with van der Waals surface area (Å²) in [4.78, 5) is 23.0. The van der Waals surface area contributed by atoms with Crippen LogP contribution in [0.3, 0.4) is 0 Å². The number of aromatic carboxylic acids is 1. The average molecular weight is 279 g/mol. The molecule has 0 aliphatic carbocycles. The Hall–Kier alpha value is -1.49. The van der Waals surface area contributed by atoms with E-state index in [0.29, 0.717) is 11.3 Å². The molecule has 5 heteroatoms. The summed E-state index contributed by atoms with van der Waals surface area (Å²) in [5, 5.41) is 11.8. The molecule has 2 rings (SSSR count). The highest BCUT2D eigenvalue weighted by Crippen LogP contribution is 2.24. The molecule has 1 aliphatic rings. The largest absolute Gasteiger partial charge is 0.478 e. The highest BCUT2D eigenvalue weighted by molar-refractivity contribution is 7.99. The third-order valence-corrected chi connectivity index (χ3v) is 4.37. The molecule has 1 amide bonds. The second kappa shape index (κ2) is 6.10. The van der Waals surface area contributed by atoms with E-state index in [1.807, 2.05) is 11.8 Å². The summed E-state index contributed by atoms with van der Waals surface area (Å²) in [5.74, 6) is 1.26. The van der Waals surface area contributed by atoms with Crippen molar-refractivity contribution in [2.75, 3.05) is 16.8 Å². The van der Waals surface area contributed by atoms with Gasteiger partial charge in [0.15, 0.2) is 0 Å². The number of carbonyl (C=O) groups excluding carboxylic acids is 1. The molecule has 0 bridgehead atoms. The van der Waals surface area contributed by atoms with Gasteiger partial charge in [-0.2, -0.15) is 11.8 Å². The number of nitrogens with one attached hydrogen (secondary N) is 1. The van der Waals surface area contributed by atoms with Crippen LogP contribution in [0.2, 0.25) is 0 Å². The minimum Gasteiger partial charge on any atom is -0.478 e. The van der Waals surface area contributed by atoms with Crippen LogP contribution in [-0.4, -0.2) is 28.5 Å². The summed E-state index contributed by atoms with van der Waals surface area (Å²) in [6.45, 7) is 1.73. The normalized spacial score (nSPS) is 16.1. The molecule has 0 spiro atoms. The van der Waals surface area contributed by atoms with Gasteiger partial charge in [-0.05, 0) is 55.0 Å². The van der Waals surface area contributed by atoms with Gasteiger partial charge in [-0.3, -0.25) is 4.79 Å². The first kappa shape index (κ1) is 13.9. The monoisotopic (exact) mass is 279 g/mol. The number of amides is 1. The van der Waals surface area contributed by atoms with Crippen molar-refractivity contribution < 1.29 is 14.7 Å². The van der Waals surface area contributed by atoms with Crippen LogP contribution in [0, 0.1) is 12.8 Å². The number of hydrogen-bond acceptors (Lipinski definition) is 3. The minimum absolute atomic E-state index is 0.0442. The van der Waals surface area contributed by atoms with Crippen molar-refractivity contribution in [2.24, 2.45) is 5.92 Å². The van der Waals surface area contributed by atoms with Crippen molar-refractivity contribution in [3.63, 3.8) is 0 Å². The Bertz CT molecular complexity index is 495. The maximum Gasteiger partial charge on any atom is 0.335 e. The highest BCUT2D eigenvalue weighted by Gasteiger charge is 2.21. The van der Waals surface area contributed by atoms with Gasteiger partial charge in [0.25, 0.3) is 0 Å². The lowest BCUT2D eigenvalue weighted by Gasteiger charge is -2.20. The Labute approximate surface area is 116 Å². The van der Waals surface area contributed by atoms with Gasteiger partial charge in [0.2, 0.25) is 5.91 Å². The van der Waals surface area contributed by atoms with Crippen LogP contribution in [-0.2, 0) is 4.79 Å². The standard InChI is InChI=1S/C14H17NO3S/c1-9-8-11(2-3-12(9)14(17)18)15-13(16)10-4-6-19-7-5-10/h2-3,8,10H,4-7H2,1H3,(H,15,16)(H,17,18). The fourth-order valence-corrected chi connectivity index (χ4v) is 3.29. The van der Waals surface area contributed by atoms with Crippen LogP contribution in [0.5, 0.6) is 0 Å². The first-order valence-corrected chi connectivity index (χ1v) is 7.46. The molecular formula is C14H17NO3S. The van der Waals surface area contributed by atoms with Crippen LogP contribution in [0.4, 0.5) is 5.69 Å². The van der Waals surface area contributed by atoms with Crippen LogP contribution in [0.15, 0.2) is 18.2 Å². The van der Waals surface area contributed by atoms with E-state index in [0.717, 1.165) is 24.3 Å². The molecular weight excluding hydrogens is 262 g/mol. The lowest BCUT2D eigenvalue weighted by molar-refractivity contribution is -0.120. The Kier molecular flexibility index (Phi) is 4.47. The summed E-state index contributed by atoms with van der Waals surface area (Å²) in [6, 6.07) is 4.88. The second-order valence-electron chi connectivity index (χ2n) is 4.71. The number of rotatable bonds is 3. The van der Waals surface area contributed by atoms with E-state index >= 15 is 0 Å². The molecule has 19 heavy (non-hydrogen) atoms. The number of carboxylic acid groups (broad SMARTS) is 1. The summed E-state index contributed by atoms with van der Waals surface area (Å²) < 4.78 is 0. The number of benzene rings is 1. The van der Waals surface area contributed by atoms with Crippen molar-refractivity contribution in [3.05, 3.63) is 29.3 Å². The average Bonchev–Trinajstić information content (AvgIpc) is 2.39. The Morgan fingerprint density at radius 2 is 2.00 bits per heavy atom. The molecule has 1 aliphatic heterocycles. The third-order valence-electron chi connectivity index (χ3n) is 3.32. The van der Waals surface area contributed by atoms with Crippen LogP contribution >= 0.6 is 11.8 Å². The molecule has 1 heterocycles. The quantitative estimate of drug-likeness (QED) is 0.893. The number of hydrogen-bond donors (Lipinski definition) is 2. The molecule has 0 atom stereocenters. The van der Waals surface area contributed by atoms with Gasteiger partial charge < -0.3 is 10.4 Å². The van der Waals surface area contributed by atoms with E-state index in [2.05, 4.69) is 5.32 Å². The molecule has 2 N–H and O–H groups in total. The fraction of sp³-hybridized carbons (Fsp3) is 0.429. The van der Waals surface area contributed by atoms with Gasteiger partial charge in [0, 0.05) is 11.6 Å². The van der Waals surface area contributed by atoms with Gasteiger partial charge in [0.1, 0.15) is 0 Å². The van der Waals surface area contributed by atoms with Crippen LogP contribution in [0.25, 0.3) is 0 Å². The predicted molar refractivity (Wildman–Crippen MR) is 76.8 cm³/mol. The van der Waals surface area contributed by atoms with Crippen LogP contribution < -0.4 is 5.32 Å². The summed E-state index contributed by atoms with van der Waals surface area (Å²) in [5.41, 5.74) is 1.60. The van der Waals surface area contributed by atoms with Crippen molar-refractivity contribution in [2.45, 2.75) is 19.8 Å². The van der Waals surface area contributed by atoms with Crippen molar-refractivity contribution in [3.8, 4) is 0 Å². The van der Waals surface area contributed by atoms with Gasteiger partial charge in [-0.1, -0.05) is 0 Å². The number of anilines is 1. The van der Waals surface area contributed by atoms with E-state index in [9.17, 15) is 9.59 Å². The van der Waals surface area contributed by atoms with E-state index in [4.69, 9.17) is 5.11 Å². The first-order valence-electron chi connectivity index (χ1n) is 6.30. The van der Waals surface area contributed by atoms with Crippen molar-refractivity contribution in [1.82, 2.24) is 0 Å². The first-order chi connectivity index (χ1) is 9.08. The summed E-state index contributed by atoms with van der Waals surface area (Å²) in [7, 11) is 0. The van der Waals surface area contributed by atoms with Gasteiger partial charge in [0.05, 0.1) is 5.56 Å². The molecule has 0 saturated carbocycles. The number of thioether (sulfide) groups is 1. The van der Waals surface area contributed by atoms with Gasteiger partial charge in [-0.15, -0.1) is 0 Å². The number of aryl methyl sites for hydroxylation is 1. The molecule has 1 saturated heterocycles. The summed E-state index contributed by atoms with van der Waals surface area (Å²) in [6.07, 6.45) is 1.84. The Morgan fingerprint density at radius 3 is 2.58 bits per heavy atom. The van der Waals surface area contributed by atoms with E-state index in [1.165, 1.54) is 6.07 Å². The van der Waals surface area contributed by atoms with E-state index in [-0.39, 0.29) is 17.4 Å². The summed E-state index contributed by atoms with van der Waals surface area (Å²) >= 11 is 1.88. The maximum absolute atomic E-state index is 12.1.